The highest BCUT2D eigenvalue weighted by Crippen LogP contribution is 2.27. The van der Waals surface area contributed by atoms with Crippen molar-refractivity contribution in [3.63, 3.8) is 0 Å². The Morgan fingerprint density at radius 1 is 1.33 bits per heavy atom. The van der Waals surface area contributed by atoms with Crippen molar-refractivity contribution >= 4 is 0 Å². The van der Waals surface area contributed by atoms with Gasteiger partial charge in [0.2, 0.25) is 0 Å². The highest BCUT2D eigenvalue weighted by atomic mass is 19.4. The predicted molar refractivity (Wildman–Crippen MR) is 32.5 cm³/mol. The summed E-state index contributed by atoms with van der Waals surface area (Å²) >= 11 is 0. The molecule has 0 saturated carbocycles. The number of alkyl halides is 3. The van der Waals surface area contributed by atoms with Gasteiger partial charge < -0.3 is 5.21 Å². The number of nitrogens with one attached hydrogen (secondary N) is 1. The summed E-state index contributed by atoms with van der Waals surface area (Å²) in [6.45, 7) is 0. The summed E-state index contributed by atoms with van der Waals surface area (Å²) in [4.78, 5) is 0. The molecule has 0 atom stereocenters. The van der Waals surface area contributed by atoms with Crippen LogP contribution in [-0.4, -0.2) is 9.94 Å². The second-order valence-electron chi connectivity index (χ2n) is 2.15. The van der Waals surface area contributed by atoms with Gasteiger partial charge in [-0.25, -0.2) is 0 Å². The average Bonchev–Trinajstić information content (AvgIpc) is 1.92. The molecule has 0 unspecified atom stereocenters. The Hall–Kier alpha value is -1.46. The summed E-state index contributed by atoms with van der Waals surface area (Å²) < 4.78 is 35.9. The van der Waals surface area contributed by atoms with E-state index in [1.807, 2.05) is 0 Å². The monoisotopic (exact) mass is 178 g/mol. The van der Waals surface area contributed by atoms with Crippen LogP contribution in [0.25, 0.3) is 0 Å². The quantitative estimate of drug-likeness (QED) is 0.576. The number of pyridine rings is 1. The first-order valence-electron chi connectivity index (χ1n) is 2.95. The fourth-order valence-electron chi connectivity index (χ4n) is 0.657. The maximum atomic E-state index is 11.9. The van der Waals surface area contributed by atoms with Gasteiger partial charge in [0.05, 0.1) is 11.8 Å². The number of rotatable bonds is 0. The van der Waals surface area contributed by atoms with E-state index < -0.39 is 17.2 Å². The zero-order chi connectivity index (χ0) is 9.35. The number of hydrogen-bond donors (Lipinski definition) is 2. The molecule has 3 nitrogen and oxygen atoms in total. The number of nitrogens with zero attached hydrogens (tertiary/aromatic N) is 1. The third-order valence-corrected chi connectivity index (χ3v) is 1.26. The lowest BCUT2D eigenvalue weighted by Crippen LogP contribution is -2.19. The molecule has 0 amide bonds. The third kappa shape index (κ3) is 1.58. The molecule has 1 rings (SSSR count). The largest absolute Gasteiger partial charge is 0.427 e. The molecule has 0 bridgehead atoms. The molecule has 0 aliphatic rings. The Morgan fingerprint density at radius 2 is 1.92 bits per heavy atom. The minimum absolute atomic E-state index is 0.114. The first-order valence-corrected chi connectivity index (χ1v) is 2.95. The Bertz CT molecular complexity index is 341. The van der Waals surface area contributed by atoms with Crippen molar-refractivity contribution < 1.29 is 18.4 Å². The average molecular weight is 178 g/mol. The van der Waals surface area contributed by atoms with Crippen molar-refractivity contribution in [2.24, 2.45) is 0 Å². The fourth-order valence-corrected chi connectivity index (χ4v) is 0.657. The topological polar surface area (TPSA) is 49.0 Å². The summed E-state index contributed by atoms with van der Waals surface area (Å²) in [7, 11) is 0. The van der Waals surface area contributed by atoms with Crippen molar-refractivity contribution in [3.05, 3.63) is 29.4 Å². The van der Waals surface area contributed by atoms with Crippen molar-refractivity contribution in [1.82, 2.24) is 4.73 Å². The second kappa shape index (κ2) is 2.54. The summed E-state index contributed by atoms with van der Waals surface area (Å²) in [5.74, 6) is 0. The summed E-state index contributed by atoms with van der Waals surface area (Å²) in [6.07, 6.45) is -4.04. The van der Waals surface area contributed by atoms with Crippen LogP contribution in [0, 0.1) is 5.41 Å². The van der Waals surface area contributed by atoms with Gasteiger partial charge in [-0.05, 0) is 12.1 Å². The molecule has 2 N–H and O–H groups in total. The molecular weight excluding hydrogens is 173 g/mol. The van der Waals surface area contributed by atoms with Gasteiger partial charge in [0.25, 0.3) is 0 Å². The number of aromatic nitrogens is 1. The molecule has 0 aromatic carbocycles. The summed E-state index contributed by atoms with van der Waals surface area (Å²) in [5, 5.41) is 15.6. The lowest BCUT2D eigenvalue weighted by atomic mass is 10.3. The molecule has 0 aliphatic heterocycles. The number of halogens is 3. The Labute approximate surface area is 65.2 Å². The molecular formula is C6H5F3N2O. The zero-order valence-electron chi connectivity index (χ0n) is 5.76. The van der Waals surface area contributed by atoms with Crippen molar-refractivity contribution in [2.45, 2.75) is 6.18 Å². The van der Waals surface area contributed by atoms with E-state index in [2.05, 4.69) is 0 Å². The van der Waals surface area contributed by atoms with E-state index in [4.69, 9.17) is 10.6 Å². The standard InChI is InChI=1S/C6H5F3N2O/c7-6(8,9)4-1-2-5(10)11(12)3-4/h1-3,10,12H. The van der Waals surface area contributed by atoms with Crippen molar-refractivity contribution in [2.75, 3.05) is 0 Å². The minimum atomic E-state index is -4.49. The number of hydrogen-bond acceptors (Lipinski definition) is 2. The van der Waals surface area contributed by atoms with E-state index in [1.165, 1.54) is 0 Å². The van der Waals surface area contributed by atoms with E-state index in [9.17, 15) is 13.2 Å². The third-order valence-electron chi connectivity index (χ3n) is 1.26. The minimum Gasteiger partial charge on any atom is -0.427 e. The molecule has 0 fully saturated rings. The molecule has 66 valence electrons. The van der Waals surface area contributed by atoms with Crippen molar-refractivity contribution in [3.8, 4) is 0 Å². The van der Waals surface area contributed by atoms with E-state index >= 15 is 0 Å². The van der Waals surface area contributed by atoms with Crippen LogP contribution in [0.5, 0.6) is 0 Å². The smallest absolute Gasteiger partial charge is 0.417 e. The molecule has 6 heteroatoms. The molecule has 0 saturated heterocycles. The van der Waals surface area contributed by atoms with Gasteiger partial charge in [-0.15, -0.1) is 0 Å². The molecule has 1 aromatic heterocycles. The van der Waals surface area contributed by atoms with Crippen LogP contribution in [0.15, 0.2) is 18.3 Å². The summed E-state index contributed by atoms with van der Waals surface area (Å²) in [5.41, 5.74) is -1.39. The lowest BCUT2D eigenvalue weighted by Gasteiger charge is -2.06. The Balaban J connectivity index is 3.23. The molecule has 0 spiro atoms. The highest BCUT2D eigenvalue weighted by molar-refractivity contribution is 5.12. The Morgan fingerprint density at radius 3 is 2.33 bits per heavy atom. The lowest BCUT2D eigenvalue weighted by molar-refractivity contribution is -0.138. The van der Waals surface area contributed by atoms with E-state index in [1.54, 1.807) is 0 Å². The van der Waals surface area contributed by atoms with Crippen LogP contribution < -0.4 is 5.49 Å². The highest BCUT2D eigenvalue weighted by Gasteiger charge is 2.30. The van der Waals surface area contributed by atoms with Gasteiger partial charge in [-0.1, -0.05) is 0 Å². The van der Waals surface area contributed by atoms with Crippen LogP contribution in [0.1, 0.15) is 5.56 Å². The molecule has 1 heterocycles. The van der Waals surface area contributed by atoms with Gasteiger partial charge in [0.15, 0.2) is 5.49 Å². The van der Waals surface area contributed by atoms with Crippen molar-refractivity contribution in [1.29, 1.82) is 5.41 Å². The molecule has 0 aliphatic carbocycles. The van der Waals surface area contributed by atoms with Gasteiger partial charge in [-0.3, -0.25) is 5.41 Å². The van der Waals surface area contributed by atoms with Crippen LogP contribution in [0.2, 0.25) is 0 Å². The van der Waals surface area contributed by atoms with Crippen LogP contribution in [-0.2, 0) is 6.18 Å². The van der Waals surface area contributed by atoms with Crippen LogP contribution in [0.4, 0.5) is 13.2 Å². The molecule has 0 radical (unpaired) electrons. The maximum Gasteiger partial charge on any atom is 0.417 e. The van der Waals surface area contributed by atoms with Crippen LogP contribution in [0.3, 0.4) is 0 Å². The molecule has 1 aromatic rings. The van der Waals surface area contributed by atoms with Gasteiger partial charge in [0.1, 0.15) is 0 Å². The van der Waals surface area contributed by atoms with Gasteiger partial charge >= 0.3 is 6.18 Å². The summed E-state index contributed by atoms with van der Waals surface area (Å²) in [6, 6.07) is 1.60. The maximum absolute atomic E-state index is 11.9. The Kier molecular flexibility index (Phi) is 1.83. The van der Waals surface area contributed by atoms with E-state index in [-0.39, 0.29) is 4.73 Å². The van der Waals surface area contributed by atoms with Crippen LogP contribution >= 0.6 is 0 Å². The normalized spacial score (nSPS) is 11.6. The second-order valence-corrected chi connectivity index (χ2v) is 2.15. The van der Waals surface area contributed by atoms with E-state index in [0.29, 0.717) is 6.20 Å². The van der Waals surface area contributed by atoms with E-state index in [0.717, 1.165) is 12.1 Å². The van der Waals surface area contributed by atoms with Gasteiger partial charge in [-0.2, -0.15) is 17.9 Å². The van der Waals surface area contributed by atoms with Gasteiger partial charge in [0, 0.05) is 0 Å². The first kappa shape index (κ1) is 8.63. The molecule has 12 heavy (non-hydrogen) atoms. The first-order chi connectivity index (χ1) is 5.41. The predicted octanol–water partition coefficient (Wildman–Crippen LogP) is 1.22. The SMILES string of the molecule is N=c1ccc(C(F)(F)F)cn1O. The zero-order valence-corrected chi connectivity index (χ0v) is 5.76. The fraction of sp³-hybridized carbons (Fsp3) is 0.167.